The van der Waals surface area contributed by atoms with Gasteiger partial charge in [-0.2, -0.15) is 28.4 Å². The predicted molar refractivity (Wildman–Crippen MR) is 204 cm³/mol. The molecule has 4 aliphatic heterocycles. The number of hydrogen-bond acceptors (Lipinski definition) is 11. The topological polar surface area (TPSA) is 132 Å². The molecule has 0 aliphatic carbocycles. The molecule has 3 unspecified atom stereocenters. The van der Waals surface area contributed by atoms with E-state index in [1.807, 2.05) is 22.9 Å². The molecule has 2 N–H and O–H groups in total. The predicted octanol–water partition coefficient (Wildman–Crippen LogP) is 6.41. The number of ether oxygens (including phenoxy) is 1. The summed E-state index contributed by atoms with van der Waals surface area (Å²) in [4.78, 5) is 38.7. The van der Waals surface area contributed by atoms with Gasteiger partial charge in [-0.15, -0.1) is 11.3 Å². The lowest BCUT2D eigenvalue weighted by Gasteiger charge is -2.37. The summed E-state index contributed by atoms with van der Waals surface area (Å²) in [6.45, 7) is 6.44. The van der Waals surface area contributed by atoms with Crippen LogP contribution in [0.2, 0.25) is 0 Å². The second kappa shape index (κ2) is 15.6. The molecule has 0 spiro atoms. The zero-order chi connectivity index (χ0) is 41.0. The Kier molecular flexibility index (Phi) is 11.0. The molecule has 4 fully saturated rings. The highest BCUT2D eigenvalue weighted by Crippen LogP contribution is 2.48. The van der Waals surface area contributed by atoms with Gasteiger partial charge in [0, 0.05) is 68.1 Å². The highest BCUT2D eigenvalue weighted by Gasteiger charge is 2.49. The molecule has 4 saturated heterocycles. The number of hydrogen-bond donors (Lipinski definition) is 1. The van der Waals surface area contributed by atoms with Crippen molar-refractivity contribution in [3.05, 3.63) is 41.0 Å². The van der Waals surface area contributed by atoms with Crippen molar-refractivity contribution in [2.45, 2.75) is 63.5 Å². The molecular formula is C39H42F6N8O3S. The van der Waals surface area contributed by atoms with Crippen LogP contribution >= 0.6 is 11.3 Å². The molecule has 4 aromatic rings. The maximum absolute atomic E-state index is 17.3. The Labute approximate surface area is 329 Å². The summed E-state index contributed by atoms with van der Waals surface area (Å²) in [5.41, 5.74) is 1.95. The van der Waals surface area contributed by atoms with Crippen LogP contribution < -0.4 is 15.4 Å². The Morgan fingerprint density at radius 3 is 2.60 bits per heavy atom. The van der Waals surface area contributed by atoms with Crippen molar-refractivity contribution in [3.8, 4) is 23.2 Å². The van der Waals surface area contributed by atoms with Gasteiger partial charge in [-0.25, -0.2) is 13.2 Å². The van der Waals surface area contributed by atoms with E-state index < -0.39 is 46.2 Å². The molecule has 0 radical (unpaired) electrons. The van der Waals surface area contributed by atoms with Crippen molar-refractivity contribution in [2.24, 2.45) is 5.92 Å². The number of carbonyl (C=O) groups excluding carboxylic acids is 2. The first-order chi connectivity index (χ1) is 27.1. The van der Waals surface area contributed by atoms with E-state index in [0.29, 0.717) is 56.9 Å². The van der Waals surface area contributed by atoms with Crippen LogP contribution in [-0.4, -0.2) is 114 Å². The number of anilines is 2. The largest absolute Gasteiger partial charge is 0.461 e. The van der Waals surface area contributed by atoms with E-state index in [1.165, 1.54) is 6.92 Å². The number of benzene rings is 2. The number of carbonyl (C=O) groups is 2. The van der Waals surface area contributed by atoms with Crippen LogP contribution in [0.15, 0.2) is 18.2 Å². The molecule has 18 heteroatoms. The van der Waals surface area contributed by atoms with Crippen LogP contribution in [0.5, 0.6) is 6.01 Å². The molecule has 2 aromatic heterocycles. The van der Waals surface area contributed by atoms with Crippen molar-refractivity contribution in [1.29, 1.82) is 5.26 Å². The number of amides is 1. The molecule has 304 valence electrons. The van der Waals surface area contributed by atoms with Crippen LogP contribution in [0.3, 0.4) is 0 Å². The van der Waals surface area contributed by atoms with E-state index in [1.54, 1.807) is 16.7 Å². The Bertz CT molecular complexity index is 2260. The maximum Gasteiger partial charge on any atom is 0.417 e. The van der Waals surface area contributed by atoms with E-state index in [2.05, 4.69) is 9.97 Å². The molecule has 8 rings (SSSR count). The van der Waals surface area contributed by atoms with Gasteiger partial charge in [0.2, 0.25) is 5.91 Å². The lowest BCUT2D eigenvalue weighted by molar-refractivity contribution is -0.139. The third kappa shape index (κ3) is 7.22. The zero-order valence-electron chi connectivity index (χ0n) is 31.6. The van der Waals surface area contributed by atoms with Gasteiger partial charge in [-0.1, -0.05) is 6.07 Å². The molecule has 57 heavy (non-hydrogen) atoms. The third-order valence-corrected chi connectivity index (χ3v) is 12.6. The summed E-state index contributed by atoms with van der Waals surface area (Å²) < 4.78 is 98.3. The summed E-state index contributed by atoms with van der Waals surface area (Å²) in [6.07, 6.45) is -3.20. The van der Waals surface area contributed by atoms with Gasteiger partial charge in [0.05, 0.1) is 27.3 Å². The summed E-state index contributed by atoms with van der Waals surface area (Å²) in [5, 5.41) is 9.29. The summed E-state index contributed by atoms with van der Waals surface area (Å²) in [6, 6.07) is 3.88. The first kappa shape index (κ1) is 40.5. The van der Waals surface area contributed by atoms with Crippen molar-refractivity contribution >= 4 is 55.3 Å². The molecule has 0 bridgehead atoms. The van der Waals surface area contributed by atoms with Crippen LogP contribution in [-0.2, 0) is 15.8 Å². The molecule has 11 nitrogen and oxygen atoms in total. The lowest BCUT2D eigenvalue weighted by atomic mass is 9.92. The van der Waals surface area contributed by atoms with Crippen molar-refractivity contribution < 1.29 is 40.7 Å². The number of fused-ring (bicyclic) bond motifs is 3. The fourth-order valence-corrected chi connectivity index (χ4v) is 9.96. The summed E-state index contributed by atoms with van der Waals surface area (Å²) in [5.74, 6) is -2.31. The number of nitrogens with zero attached hydrogens (tertiary/aromatic N) is 7. The number of nitrogen functional groups attached to an aromatic ring is 1. The van der Waals surface area contributed by atoms with Crippen LogP contribution in [0, 0.1) is 28.9 Å². The number of aromatic nitrogens is 2. The third-order valence-electron chi connectivity index (χ3n) is 11.6. The Balaban J connectivity index is 0.00000160. The van der Waals surface area contributed by atoms with Crippen LogP contribution in [0.4, 0.5) is 37.2 Å². The number of nitrogens with two attached hydrogens (primary N) is 1. The van der Waals surface area contributed by atoms with Crippen molar-refractivity contribution in [2.75, 3.05) is 70.1 Å². The minimum atomic E-state index is -5.12. The number of halogens is 6. The van der Waals surface area contributed by atoms with E-state index in [4.69, 9.17) is 15.3 Å². The van der Waals surface area contributed by atoms with E-state index in [9.17, 15) is 14.4 Å². The number of likely N-dealkylation sites (tertiary alicyclic amines) is 2. The number of alkyl halides is 4. The number of rotatable bonds is 8. The smallest absolute Gasteiger partial charge is 0.417 e. The zero-order valence-corrected chi connectivity index (χ0v) is 32.5. The van der Waals surface area contributed by atoms with Crippen LogP contribution in [0.25, 0.3) is 32.1 Å². The molecule has 4 aliphatic rings. The van der Waals surface area contributed by atoms with Gasteiger partial charge in [-0.3, -0.25) is 9.69 Å². The minimum absolute atomic E-state index is 0.00607. The van der Waals surface area contributed by atoms with Gasteiger partial charge in [0.25, 0.3) is 0 Å². The van der Waals surface area contributed by atoms with Gasteiger partial charge < -0.3 is 30.0 Å². The van der Waals surface area contributed by atoms with E-state index in [0.717, 1.165) is 30.9 Å². The monoisotopic (exact) mass is 816 g/mol. The first-order valence-electron chi connectivity index (χ1n) is 18.8. The normalized spacial score (nSPS) is 22.6. The van der Waals surface area contributed by atoms with Gasteiger partial charge in [-0.05, 0) is 64.4 Å². The highest BCUT2D eigenvalue weighted by molar-refractivity contribution is 7.23. The standard InChI is InChI=1S/C37H38F6N8O2S.C2H4O/c1-3-51(21-7-10-49(17-21)34(52)19-14-48(2)15-19)33-23-11-25(37(41,42)43)28(22-5-6-26(39)31-27(22)24(13-44)32(45)54-31)29(40)30(23)46-35(47-33)53-18-36-8-4-9-50(36)16-20(38)12-36;1-2-3/h5-6,11,19-21H,3-4,7-10,12,14-18,45H2,1-2H3;2H,1H3. The average molecular weight is 817 g/mol. The maximum atomic E-state index is 17.3. The van der Waals surface area contributed by atoms with Crippen molar-refractivity contribution in [1.82, 2.24) is 24.7 Å². The molecule has 3 atom stereocenters. The number of thiophene rings is 1. The Morgan fingerprint density at radius 1 is 1.19 bits per heavy atom. The quantitative estimate of drug-likeness (QED) is 0.157. The van der Waals surface area contributed by atoms with E-state index >= 15 is 22.0 Å². The first-order valence-corrected chi connectivity index (χ1v) is 19.6. The fourth-order valence-electron chi connectivity index (χ4n) is 9.01. The fraction of sp³-hybridized carbons (Fsp3) is 0.513. The van der Waals surface area contributed by atoms with Crippen LogP contribution in [0.1, 0.15) is 50.7 Å². The van der Waals surface area contributed by atoms with Crippen molar-refractivity contribution in [3.63, 3.8) is 0 Å². The Hall–Kier alpha value is -4.73. The highest BCUT2D eigenvalue weighted by atomic mass is 32.1. The minimum Gasteiger partial charge on any atom is -0.461 e. The Morgan fingerprint density at radius 2 is 1.93 bits per heavy atom. The molecular weight excluding hydrogens is 775 g/mol. The molecule has 6 heterocycles. The molecule has 0 saturated carbocycles. The number of likely N-dealkylation sites (N-methyl/N-ethyl adjacent to an activating group) is 1. The second-order valence-electron chi connectivity index (χ2n) is 15.1. The van der Waals surface area contributed by atoms with Gasteiger partial charge in [0.15, 0.2) is 5.82 Å². The summed E-state index contributed by atoms with van der Waals surface area (Å²) >= 11 is 0.685. The van der Waals surface area contributed by atoms with Gasteiger partial charge >= 0.3 is 12.2 Å². The SMILES string of the molecule is CC=O.CCN(c1nc(OCC23CCCN2CC(F)C3)nc2c(F)c(-c3ccc(F)c4sc(N)c(C#N)c34)c(C(F)(F)F)cc12)C1CCN(C(=O)C2CN(C)C2)C1. The average Bonchev–Trinajstić information content (AvgIpc) is 3.93. The summed E-state index contributed by atoms with van der Waals surface area (Å²) in [7, 11) is 1.93. The second-order valence-corrected chi connectivity index (χ2v) is 16.2. The van der Waals surface area contributed by atoms with E-state index in [-0.39, 0.29) is 87.4 Å². The lowest BCUT2D eigenvalue weighted by Crippen LogP contribution is -2.52. The van der Waals surface area contributed by atoms with Gasteiger partial charge in [0.1, 0.15) is 47.3 Å². The number of nitriles is 1. The molecule has 1 amide bonds. The molecule has 2 aromatic carbocycles. The number of aldehydes is 1.